The van der Waals surface area contributed by atoms with Crippen LogP contribution in [0.1, 0.15) is 34.5 Å². The summed E-state index contributed by atoms with van der Waals surface area (Å²) < 4.78 is 2.53. The van der Waals surface area contributed by atoms with Crippen LogP contribution < -0.4 is 10.6 Å². The lowest BCUT2D eigenvalue weighted by Gasteiger charge is -2.24. The number of aryl methyl sites for hydroxylation is 1. The normalized spacial score (nSPS) is 15.0. The van der Waals surface area contributed by atoms with Crippen LogP contribution >= 0.6 is 15.9 Å². The van der Waals surface area contributed by atoms with Crippen molar-refractivity contribution in [1.29, 1.82) is 0 Å². The Hall–Kier alpha value is -3.39. The molecular weight excluding hydrogens is 448 g/mol. The fourth-order valence-corrected chi connectivity index (χ4v) is 3.57. The van der Waals surface area contributed by atoms with Gasteiger partial charge in [-0.3, -0.25) is 4.79 Å². The number of benzene rings is 2. The summed E-state index contributed by atoms with van der Waals surface area (Å²) in [5.74, 6) is -1.13. The van der Waals surface area contributed by atoms with Crippen LogP contribution in [0.25, 0.3) is 0 Å². The van der Waals surface area contributed by atoms with Crippen LogP contribution in [0.15, 0.2) is 71.0 Å². The number of aromatic nitrogens is 2. The highest BCUT2D eigenvalue weighted by atomic mass is 79.9. The number of hydrogen-bond acceptors (Lipinski definition) is 4. The molecule has 1 amide bonds. The van der Waals surface area contributed by atoms with E-state index in [4.69, 9.17) is 0 Å². The Morgan fingerprint density at radius 1 is 1.17 bits per heavy atom. The number of hydrogen-bond donors (Lipinski definition) is 3. The summed E-state index contributed by atoms with van der Waals surface area (Å²) in [6.45, 7) is 2.06. The zero-order chi connectivity index (χ0) is 21.3. The van der Waals surface area contributed by atoms with Gasteiger partial charge in [-0.1, -0.05) is 47.1 Å². The van der Waals surface area contributed by atoms with Crippen LogP contribution in [-0.4, -0.2) is 26.8 Å². The molecule has 0 saturated heterocycles. The van der Waals surface area contributed by atoms with E-state index in [9.17, 15) is 14.7 Å². The lowest BCUT2D eigenvalue weighted by atomic mass is 10.0. The zero-order valence-electron chi connectivity index (χ0n) is 16.1. The first-order valence-corrected chi connectivity index (χ1v) is 10.2. The number of rotatable bonds is 5. The number of carbonyl (C=O) groups excluding carboxylic acids is 1. The Labute approximate surface area is 181 Å². The summed E-state index contributed by atoms with van der Waals surface area (Å²) in [5.41, 5.74) is 2.95. The average Bonchev–Trinajstić information content (AvgIpc) is 3.18. The number of amides is 1. The standard InChI is InChI=1S/C22H19BrN4O3/c1-2-13-3-9-16(10-4-13)25-21(28)17-12-24-27-19(14-5-7-15(23)8-6-14)11-18(22(29)30)26-20(17)27/h3-12,19,26H,2H2,1H3,(H,25,28)(H,29,30)/t19-/m0/s1. The third kappa shape index (κ3) is 3.86. The van der Waals surface area contributed by atoms with E-state index in [1.165, 1.54) is 11.8 Å². The molecule has 1 atom stereocenters. The van der Waals surface area contributed by atoms with E-state index in [0.29, 0.717) is 11.5 Å². The van der Waals surface area contributed by atoms with E-state index in [-0.39, 0.29) is 17.2 Å². The Bertz CT molecular complexity index is 1130. The van der Waals surface area contributed by atoms with Crippen molar-refractivity contribution in [3.8, 4) is 0 Å². The molecule has 3 aromatic rings. The molecule has 152 valence electrons. The maximum atomic E-state index is 12.9. The maximum Gasteiger partial charge on any atom is 0.352 e. The first-order chi connectivity index (χ1) is 14.5. The molecule has 2 heterocycles. The number of nitrogens with one attached hydrogen (secondary N) is 2. The predicted molar refractivity (Wildman–Crippen MR) is 118 cm³/mol. The topological polar surface area (TPSA) is 96.3 Å². The van der Waals surface area contributed by atoms with Gasteiger partial charge < -0.3 is 15.7 Å². The number of fused-ring (bicyclic) bond motifs is 1. The van der Waals surface area contributed by atoms with Crippen molar-refractivity contribution in [2.45, 2.75) is 19.4 Å². The van der Waals surface area contributed by atoms with Crippen molar-refractivity contribution in [3.05, 3.63) is 87.7 Å². The molecule has 30 heavy (non-hydrogen) atoms. The van der Waals surface area contributed by atoms with Gasteiger partial charge in [-0.05, 0) is 47.9 Å². The highest BCUT2D eigenvalue weighted by Gasteiger charge is 2.29. The summed E-state index contributed by atoms with van der Waals surface area (Å²) in [4.78, 5) is 24.6. The minimum absolute atomic E-state index is 0.00253. The minimum atomic E-state index is -1.11. The molecule has 8 heteroatoms. The van der Waals surface area contributed by atoms with Gasteiger partial charge in [0.1, 0.15) is 17.1 Å². The minimum Gasteiger partial charge on any atom is -0.477 e. The van der Waals surface area contributed by atoms with E-state index in [0.717, 1.165) is 16.5 Å². The Balaban J connectivity index is 1.68. The largest absolute Gasteiger partial charge is 0.477 e. The molecule has 2 aromatic carbocycles. The molecular formula is C22H19BrN4O3. The average molecular weight is 467 g/mol. The number of aliphatic carboxylic acids is 1. The molecule has 3 N–H and O–H groups in total. The highest BCUT2D eigenvalue weighted by molar-refractivity contribution is 9.10. The summed E-state index contributed by atoms with van der Waals surface area (Å²) in [5, 5.41) is 19.6. The molecule has 0 unspecified atom stereocenters. The number of carboxylic acid groups (broad SMARTS) is 1. The molecule has 0 radical (unpaired) electrons. The molecule has 4 rings (SSSR count). The fourth-order valence-electron chi connectivity index (χ4n) is 3.31. The summed E-state index contributed by atoms with van der Waals surface area (Å²) in [6.07, 6.45) is 3.94. The van der Waals surface area contributed by atoms with Crippen molar-refractivity contribution in [1.82, 2.24) is 9.78 Å². The molecule has 7 nitrogen and oxygen atoms in total. The summed E-state index contributed by atoms with van der Waals surface area (Å²) in [6, 6.07) is 14.7. The van der Waals surface area contributed by atoms with Crippen molar-refractivity contribution in [2.75, 3.05) is 10.6 Å². The van der Waals surface area contributed by atoms with Crippen molar-refractivity contribution in [2.24, 2.45) is 0 Å². The Morgan fingerprint density at radius 2 is 1.87 bits per heavy atom. The summed E-state index contributed by atoms with van der Waals surface area (Å²) in [7, 11) is 0. The van der Waals surface area contributed by atoms with E-state index < -0.39 is 12.0 Å². The van der Waals surface area contributed by atoms with Crippen molar-refractivity contribution < 1.29 is 14.7 Å². The van der Waals surface area contributed by atoms with E-state index >= 15 is 0 Å². The van der Waals surface area contributed by atoms with Gasteiger partial charge in [0, 0.05) is 10.2 Å². The lowest BCUT2D eigenvalue weighted by Crippen LogP contribution is -2.25. The van der Waals surface area contributed by atoms with Gasteiger partial charge >= 0.3 is 5.97 Å². The van der Waals surface area contributed by atoms with Crippen LogP contribution in [0.2, 0.25) is 0 Å². The van der Waals surface area contributed by atoms with Crippen LogP contribution in [-0.2, 0) is 11.2 Å². The fraction of sp³-hybridized carbons (Fsp3) is 0.136. The Morgan fingerprint density at radius 3 is 2.50 bits per heavy atom. The molecule has 0 spiro atoms. The Kier molecular flexibility index (Phi) is 5.41. The predicted octanol–water partition coefficient (Wildman–Crippen LogP) is 4.44. The van der Waals surface area contributed by atoms with E-state index in [1.807, 2.05) is 48.5 Å². The molecule has 1 aliphatic rings. The molecule has 1 aromatic heterocycles. The van der Waals surface area contributed by atoms with Gasteiger partial charge in [-0.2, -0.15) is 5.10 Å². The lowest BCUT2D eigenvalue weighted by molar-refractivity contribution is -0.132. The smallest absolute Gasteiger partial charge is 0.352 e. The van der Waals surface area contributed by atoms with Crippen molar-refractivity contribution in [3.63, 3.8) is 0 Å². The molecule has 0 aliphatic carbocycles. The van der Waals surface area contributed by atoms with Gasteiger partial charge in [0.2, 0.25) is 0 Å². The maximum absolute atomic E-state index is 12.9. The van der Waals surface area contributed by atoms with Crippen LogP contribution in [0.3, 0.4) is 0 Å². The summed E-state index contributed by atoms with van der Waals surface area (Å²) >= 11 is 3.40. The molecule has 0 saturated carbocycles. The number of halogens is 1. The number of carboxylic acids is 1. The highest BCUT2D eigenvalue weighted by Crippen LogP contribution is 2.33. The van der Waals surface area contributed by atoms with Gasteiger partial charge in [0.05, 0.1) is 12.2 Å². The quantitative estimate of drug-likeness (QED) is 0.516. The van der Waals surface area contributed by atoms with Crippen molar-refractivity contribution >= 4 is 39.3 Å². The first-order valence-electron chi connectivity index (χ1n) is 9.41. The van der Waals surface area contributed by atoms with Gasteiger partial charge in [-0.15, -0.1) is 0 Å². The number of allylic oxidation sites excluding steroid dienone is 1. The van der Waals surface area contributed by atoms with Gasteiger partial charge in [0.25, 0.3) is 5.91 Å². The molecule has 0 fully saturated rings. The van der Waals surface area contributed by atoms with Gasteiger partial charge in [-0.25, -0.2) is 9.48 Å². The second kappa shape index (κ2) is 8.16. The third-order valence-corrected chi connectivity index (χ3v) is 5.47. The van der Waals surface area contributed by atoms with Crippen LogP contribution in [0.5, 0.6) is 0 Å². The number of nitrogens with zero attached hydrogens (tertiary/aromatic N) is 2. The van der Waals surface area contributed by atoms with Gasteiger partial charge in [0.15, 0.2) is 0 Å². The monoisotopic (exact) mass is 466 g/mol. The SMILES string of the molecule is CCc1ccc(NC(=O)c2cnn3c2NC(C(=O)O)=C[C@H]3c2ccc(Br)cc2)cc1. The van der Waals surface area contributed by atoms with E-state index in [2.05, 4.69) is 38.6 Å². The number of carbonyl (C=O) groups is 2. The first kappa shape index (κ1) is 19.9. The second-order valence-corrected chi connectivity index (χ2v) is 7.78. The molecule has 0 bridgehead atoms. The van der Waals surface area contributed by atoms with Crippen LogP contribution in [0, 0.1) is 0 Å². The number of anilines is 2. The van der Waals surface area contributed by atoms with Crippen LogP contribution in [0.4, 0.5) is 11.5 Å². The zero-order valence-corrected chi connectivity index (χ0v) is 17.7. The molecule has 1 aliphatic heterocycles. The van der Waals surface area contributed by atoms with E-state index in [1.54, 1.807) is 10.8 Å². The third-order valence-electron chi connectivity index (χ3n) is 4.94. The second-order valence-electron chi connectivity index (χ2n) is 6.86.